The first-order chi connectivity index (χ1) is 6.92. The first kappa shape index (κ1) is 8.56. The molecule has 2 aromatic heterocycles. The Morgan fingerprint density at radius 2 is 1.86 bits per heavy atom. The molecule has 0 fully saturated rings. The fraction of sp³-hybridized carbons (Fsp3) is 0. The van der Waals surface area contributed by atoms with E-state index in [0.29, 0.717) is 11.3 Å². The van der Waals surface area contributed by atoms with E-state index in [1.165, 1.54) is 0 Å². The molecule has 2 aromatic rings. The molecule has 0 atom stereocenters. The van der Waals surface area contributed by atoms with Crippen LogP contribution >= 0.6 is 0 Å². The van der Waals surface area contributed by atoms with E-state index < -0.39 is 0 Å². The van der Waals surface area contributed by atoms with Gasteiger partial charge in [-0.1, -0.05) is 6.07 Å². The Hall–Kier alpha value is -2.03. The number of hydrogen-bond donors (Lipinski definition) is 0. The molecule has 14 heavy (non-hydrogen) atoms. The molecular weight excluding hydrogens is 176 g/mol. The van der Waals surface area contributed by atoms with Crippen molar-refractivity contribution in [2.75, 3.05) is 0 Å². The molecule has 2 heterocycles. The van der Waals surface area contributed by atoms with E-state index in [9.17, 15) is 4.79 Å². The van der Waals surface area contributed by atoms with Crippen molar-refractivity contribution in [1.82, 2.24) is 9.97 Å². The van der Waals surface area contributed by atoms with Crippen molar-refractivity contribution in [3.8, 4) is 11.3 Å². The number of hydrogen-bond acceptors (Lipinski definition) is 3. The zero-order chi connectivity index (χ0) is 9.80. The second kappa shape index (κ2) is 3.79. The minimum Gasteiger partial charge on any atom is -0.283 e. The first-order valence-corrected chi connectivity index (χ1v) is 4.16. The quantitative estimate of drug-likeness (QED) is 0.710. The second-order valence-corrected chi connectivity index (χ2v) is 2.72. The third-order valence-electron chi connectivity index (χ3n) is 1.85. The Balaban J connectivity index is 2.57. The first-order valence-electron chi connectivity index (χ1n) is 4.16. The van der Waals surface area contributed by atoms with Crippen LogP contribution in [0.15, 0.2) is 42.7 Å². The Labute approximate surface area is 81.5 Å². The van der Waals surface area contributed by atoms with Crippen molar-refractivity contribution in [2.45, 2.75) is 0 Å². The van der Waals surface area contributed by atoms with Gasteiger partial charge in [0.05, 0.1) is 5.69 Å². The van der Waals surface area contributed by atoms with E-state index in [0.717, 1.165) is 5.69 Å². The highest BCUT2D eigenvalue weighted by Crippen LogP contribution is 2.17. The summed E-state index contributed by atoms with van der Waals surface area (Å²) in [6, 6.07) is 9.09. The van der Waals surface area contributed by atoms with E-state index in [1.54, 1.807) is 30.8 Å². The summed E-state index contributed by atoms with van der Waals surface area (Å²) < 4.78 is 0. The van der Waals surface area contributed by atoms with E-state index in [1.807, 2.05) is 18.2 Å². The van der Waals surface area contributed by atoms with E-state index in [4.69, 9.17) is 0 Å². The normalized spacial score (nSPS) is 9.71. The molecule has 0 aliphatic heterocycles. The van der Waals surface area contributed by atoms with Gasteiger partial charge in [0.2, 0.25) is 0 Å². The molecule has 0 saturated heterocycles. The highest BCUT2D eigenvalue weighted by atomic mass is 16.1. The Morgan fingerprint density at radius 3 is 2.57 bits per heavy atom. The van der Waals surface area contributed by atoms with Gasteiger partial charge in [-0.15, -0.1) is 0 Å². The van der Waals surface area contributed by atoms with Crippen LogP contribution in [0.2, 0.25) is 0 Å². The van der Waals surface area contributed by atoms with Crippen molar-refractivity contribution in [2.24, 2.45) is 0 Å². The summed E-state index contributed by atoms with van der Waals surface area (Å²) in [4.78, 5) is 18.6. The fourth-order valence-electron chi connectivity index (χ4n) is 1.22. The van der Waals surface area contributed by atoms with Crippen molar-refractivity contribution in [3.63, 3.8) is 0 Å². The molecule has 1 radical (unpaired) electrons. The molecule has 3 heteroatoms. The van der Waals surface area contributed by atoms with Gasteiger partial charge >= 0.3 is 0 Å². The van der Waals surface area contributed by atoms with Crippen LogP contribution in [0, 0.1) is 0 Å². The van der Waals surface area contributed by atoms with Crippen molar-refractivity contribution >= 4 is 6.29 Å². The highest BCUT2D eigenvalue weighted by Gasteiger charge is 2.05. The van der Waals surface area contributed by atoms with Crippen molar-refractivity contribution in [3.05, 3.63) is 48.4 Å². The Kier molecular flexibility index (Phi) is 2.32. The smallest absolute Gasteiger partial charge is 0.254 e. The van der Waals surface area contributed by atoms with Crippen LogP contribution in [0.4, 0.5) is 0 Å². The zero-order valence-electron chi connectivity index (χ0n) is 7.34. The minimum atomic E-state index is 0.297. The molecule has 0 unspecified atom stereocenters. The van der Waals surface area contributed by atoms with Gasteiger partial charge in [0.15, 0.2) is 0 Å². The largest absolute Gasteiger partial charge is 0.283 e. The number of carbonyl (C=O) groups excluding carboxylic acids is 1. The second-order valence-electron chi connectivity index (χ2n) is 2.72. The van der Waals surface area contributed by atoms with Gasteiger partial charge in [-0.25, -0.2) is 0 Å². The van der Waals surface area contributed by atoms with Crippen LogP contribution in [0.1, 0.15) is 5.69 Å². The van der Waals surface area contributed by atoms with Gasteiger partial charge in [0.1, 0.15) is 5.69 Å². The van der Waals surface area contributed by atoms with Crippen LogP contribution in [0.5, 0.6) is 0 Å². The number of rotatable bonds is 2. The van der Waals surface area contributed by atoms with Gasteiger partial charge in [0.25, 0.3) is 6.29 Å². The predicted octanol–water partition coefficient (Wildman–Crippen LogP) is 1.60. The molecule has 67 valence electrons. The average molecular weight is 183 g/mol. The summed E-state index contributed by atoms with van der Waals surface area (Å²) in [6.07, 6.45) is 5.03. The van der Waals surface area contributed by atoms with Gasteiger partial charge in [0, 0.05) is 18.0 Å². The van der Waals surface area contributed by atoms with Crippen LogP contribution in [0.3, 0.4) is 0 Å². The Bertz CT molecular complexity index is 440. The van der Waals surface area contributed by atoms with E-state index in [-0.39, 0.29) is 0 Å². The summed E-state index contributed by atoms with van der Waals surface area (Å²) in [5, 5.41) is 0. The molecule has 0 N–H and O–H groups in total. The standard InChI is InChI=1S/C11H7N2O/c14-8-11-9(4-3-7-13-11)10-5-1-2-6-12-10/h1-7H. The summed E-state index contributed by atoms with van der Waals surface area (Å²) in [6.45, 7) is 0. The number of pyridine rings is 2. The lowest BCUT2D eigenvalue weighted by Crippen LogP contribution is -1.92. The van der Waals surface area contributed by atoms with Crippen LogP contribution in [-0.4, -0.2) is 16.3 Å². The Morgan fingerprint density at radius 1 is 1.00 bits per heavy atom. The number of nitrogens with zero attached hydrogens (tertiary/aromatic N) is 2. The monoisotopic (exact) mass is 183 g/mol. The van der Waals surface area contributed by atoms with E-state index in [2.05, 4.69) is 9.97 Å². The summed E-state index contributed by atoms with van der Waals surface area (Å²) in [5.74, 6) is 0. The molecule has 0 aliphatic carbocycles. The fourth-order valence-corrected chi connectivity index (χ4v) is 1.22. The number of aromatic nitrogens is 2. The summed E-state index contributed by atoms with van der Waals surface area (Å²) >= 11 is 0. The third kappa shape index (κ3) is 1.52. The maximum atomic E-state index is 10.6. The molecule has 2 rings (SSSR count). The third-order valence-corrected chi connectivity index (χ3v) is 1.85. The maximum Gasteiger partial charge on any atom is 0.254 e. The van der Waals surface area contributed by atoms with Gasteiger partial charge in [-0.2, -0.15) is 0 Å². The zero-order valence-corrected chi connectivity index (χ0v) is 7.34. The lowest BCUT2D eigenvalue weighted by Gasteiger charge is -2.00. The summed E-state index contributed by atoms with van der Waals surface area (Å²) in [5.41, 5.74) is 1.74. The topological polar surface area (TPSA) is 42.9 Å². The predicted molar refractivity (Wildman–Crippen MR) is 52.3 cm³/mol. The molecule has 0 aliphatic rings. The average Bonchev–Trinajstić information content (AvgIpc) is 2.30. The molecule has 0 saturated carbocycles. The van der Waals surface area contributed by atoms with Gasteiger partial charge in [-0.05, 0) is 24.3 Å². The molecule has 3 nitrogen and oxygen atoms in total. The molecule has 0 amide bonds. The van der Waals surface area contributed by atoms with Crippen LogP contribution in [0.25, 0.3) is 11.3 Å². The maximum absolute atomic E-state index is 10.6. The molecule has 0 aromatic carbocycles. The summed E-state index contributed by atoms with van der Waals surface area (Å²) in [7, 11) is 0. The van der Waals surface area contributed by atoms with Crippen LogP contribution < -0.4 is 0 Å². The molecule has 0 bridgehead atoms. The highest BCUT2D eigenvalue weighted by molar-refractivity contribution is 5.84. The lowest BCUT2D eigenvalue weighted by molar-refractivity contribution is 0.561. The van der Waals surface area contributed by atoms with Crippen molar-refractivity contribution in [1.29, 1.82) is 0 Å². The molecular formula is C11H7N2O. The SMILES string of the molecule is O=[C]c1ncccc1-c1ccccn1. The van der Waals surface area contributed by atoms with Gasteiger partial charge in [-0.3, -0.25) is 14.8 Å². The lowest BCUT2D eigenvalue weighted by atomic mass is 10.1. The van der Waals surface area contributed by atoms with Gasteiger partial charge < -0.3 is 0 Å². The minimum absolute atomic E-state index is 0.297. The van der Waals surface area contributed by atoms with Crippen LogP contribution in [-0.2, 0) is 4.79 Å². The van der Waals surface area contributed by atoms with Crippen molar-refractivity contribution < 1.29 is 4.79 Å². The molecule has 0 spiro atoms. The van der Waals surface area contributed by atoms with E-state index >= 15 is 0 Å².